The predicted molar refractivity (Wildman–Crippen MR) is 85.8 cm³/mol. The summed E-state index contributed by atoms with van der Waals surface area (Å²) in [4.78, 5) is 24.8. The topological polar surface area (TPSA) is 66.4 Å². The van der Waals surface area contributed by atoms with E-state index in [0.717, 1.165) is 15.0 Å². The molecule has 2 N–H and O–H groups in total. The van der Waals surface area contributed by atoms with Crippen LogP contribution >= 0.6 is 22.7 Å². The van der Waals surface area contributed by atoms with Gasteiger partial charge in [0, 0.05) is 9.58 Å². The maximum absolute atomic E-state index is 12.3. The van der Waals surface area contributed by atoms with E-state index >= 15 is 0 Å². The van der Waals surface area contributed by atoms with Crippen LogP contribution in [0.4, 0.5) is 5.00 Å². The number of amides is 1. The third kappa shape index (κ3) is 2.68. The highest BCUT2D eigenvalue weighted by Gasteiger charge is 2.17. The predicted octanol–water partition coefficient (Wildman–Crippen LogP) is 4.22. The van der Waals surface area contributed by atoms with Crippen LogP contribution in [-0.2, 0) is 0 Å². The van der Waals surface area contributed by atoms with Crippen molar-refractivity contribution in [2.45, 2.75) is 6.92 Å². The van der Waals surface area contributed by atoms with Gasteiger partial charge in [-0.1, -0.05) is 18.2 Å². The van der Waals surface area contributed by atoms with Crippen molar-refractivity contribution < 1.29 is 14.7 Å². The number of anilines is 1. The molecule has 0 fully saturated rings. The molecule has 3 rings (SSSR count). The molecule has 6 heteroatoms. The van der Waals surface area contributed by atoms with Crippen LogP contribution in [-0.4, -0.2) is 17.0 Å². The zero-order valence-corrected chi connectivity index (χ0v) is 12.7. The van der Waals surface area contributed by atoms with E-state index in [9.17, 15) is 9.59 Å². The van der Waals surface area contributed by atoms with Gasteiger partial charge < -0.3 is 10.4 Å². The number of rotatable bonds is 3. The molecule has 0 spiro atoms. The van der Waals surface area contributed by atoms with Gasteiger partial charge >= 0.3 is 5.97 Å². The first-order chi connectivity index (χ1) is 10.0. The minimum atomic E-state index is -1.04. The summed E-state index contributed by atoms with van der Waals surface area (Å²) in [6, 6.07) is 11.1. The Morgan fingerprint density at radius 1 is 1.14 bits per heavy atom. The van der Waals surface area contributed by atoms with E-state index in [1.54, 1.807) is 6.07 Å². The lowest BCUT2D eigenvalue weighted by Crippen LogP contribution is -2.11. The summed E-state index contributed by atoms with van der Waals surface area (Å²) in [5.74, 6) is -1.31. The van der Waals surface area contributed by atoms with Gasteiger partial charge in [-0.3, -0.25) is 4.79 Å². The number of carboxylic acids is 1. The van der Waals surface area contributed by atoms with Gasteiger partial charge in [0.15, 0.2) is 0 Å². The molecular formula is C15H11NO3S2. The summed E-state index contributed by atoms with van der Waals surface area (Å²) < 4.78 is 1.03. The molecule has 2 aromatic heterocycles. The lowest BCUT2D eigenvalue weighted by Gasteiger charge is -2.01. The third-order valence-corrected chi connectivity index (χ3v) is 5.04. The first-order valence-electron chi connectivity index (χ1n) is 6.18. The molecule has 0 aliphatic rings. The normalized spacial score (nSPS) is 10.7. The van der Waals surface area contributed by atoms with E-state index in [-0.39, 0.29) is 11.5 Å². The Morgan fingerprint density at radius 2 is 1.90 bits per heavy atom. The molecule has 2 heterocycles. The van der Waals surface area contributed by atoms with Gasteiger partial charge in [-0.05, 0) is 30.5 Å². The van der Waals surface area contributed by atoms with E-state index in [2.05, 4.69) is 5.32 Å². The monoisotopic (exact) mass is 317 g/mol. The fraction of sp³-hybridized carbons (Fsp3) is 0.0667. The molecule has 0 radical (unpaired) electrons. The number of hydrogen-bond donors (Lipinski definition) is 2. The van der Waals surface area contributed by atoms with E-state index < -0.39 is 5.97 Å². The molecule has 0 aliphatic carbocycles. The molecular weight excluding hydrogens is 306 g/mol. The van der Waals surface area contributed by atoms with Crippen LogP contribution in [0.25, 0.3) is 10.1 Å². The Balaban J connectivity index is 1.91. The first-order valence-corrected chi connectivity index (χ1v) is 7.81. The van der Waals surface area contributed by atoms with E-state index in [1.807, 2.05) is 37.3 Å². The second-order valence-electron chi connectivity index (χ2n) is 4.51. The van der Waals surface area contributed by atoms with Gasteiger partial charge in [0.25, 0.3) is 5.91 Å². The van der Waals surface area contributed by atoms with Crippen molar-refractivity contribution in [2.75, 3.05) is 5.32 Å². The standard InChI is InChI=1S/C15H11NO3S2/c1-8-6-10(15(18)19)14(20-8)16-13(17)12-7-9-4-2-3-5-11(9)21-12/h2-7H,1H3,(H,16,17)(H,18,19). The van der Waals surface area contributed by atoms with Crippen LogP contribution in [0.3, 0.4) is 0 Å². The van der Waals surface area contributed by atoms with Gasteiger partial charge in [0.2, 0.25) is 0 Å². The Bertz CT molecular complexity index is 815. The molecule has 3 aromatic rings. The molecule has 0 bridgehead atoms. The molecule has 0 saturated heterocycles. The van der Waals surface area contributed by atoms with Crippen molar-refractivity contribution in [1.29, 1.82) is 0 Å². The number of carbonyl (C=O) groups excluding carboxylic acids is 1. The summed E-state index contributed by atoms with van der Waals surface area (Å²) in [6.07, 6.45) is 0. The van der Waals surface area contributed by atoms with Gasteiger partial charge in [-0.2, -0.15) is 0 Å². The summed E-state index contributed by atoms with van der Waals surface area (Å²) >= 11 is 2.66. The number of nitrogens with one attached hydrogen (secondary N) is 1. The minimum Gasteiger partial charge on any atom is -0.478 e. The summed E-state index contributed by atoms with van der Waals surface area (Å²) in [5, 5.41) is 13.2. The molecule has 106 valence electrons. The highest BCUT2D eigenvalue weighted by molar-refractivity contribution is 7.21. The van der Waals surface area contributed by atoms with Crippen molar-refractivity contribution in [3.05, 3.63) is 51.7 Å². The summed E-state index contributed by atoms with van der Waals surface area (Å²) in [5.41, 5.74) is 0.131. The third-order valence-electron chi connectivity index (χ3n) is 2.96. The number of aryl methyl sites for hydroxylation is 1. The van der Waals surface area contributed by atoms with Crippen LogP contribution in [0, 0.1) is 6.92 Å². The summed E-state index contributed by atoms with van der Waals surface area (Å²) in [7, 11) is 0. The lowest BCUT2D eigenvalue weighted by atomic mass is 10.2. The molecule has 1 aromatic carbocycles. The number of thiophene rings is 2. The second-order valence-corrected chi connectivity index (χ2v) is 6.85. The quantitative estimate of drug-likeness (QED) is 0.760. The molecule has 0 saturated carbocycles. The number of carbonyl (C=O) groups is 2. The zero-order chi connectivity index (χ0) is 15.0. The van der Waals surface area contributed by atoms with Gasteiger partial charge in [-0.15, -0.1) is 22.7 Å². The zero-order valence-electron chi connectivity index (χ0n) is 11.0. The average Bonchev–Trinajstić information content (AvgIpc) is 3.02. The van der Waals surface area contributed by atoms with Gasteiger partial charge in [0.1, 0.15) is 5.00 Å². The minimum absolute atomic E-state index is 0.131. The van der Waals surface area contributed by atoms with Gasteiger partial charge in [0.05, 0.1) is 10.4 Å². The largest absolute Gasteiger partial charge is 0.478 e. The van der Waals surface area contributed by atoms with Crippen molar-refractivity contribution in [1.82, 2.24) is 0 Å². The smallest absolute Gasteiger partial charge is 0.338 e. The second kappa shape index (κ2) is 5.31. The molecule has 0 aliphatic heterocycles. The SMILES string of the molecule is Cc1cc(C(=O)O)c(NC(=O)c2cc3ccccc3s2)s1. The summed E-state index contributed by atoms with van der Waals surface area (Å²) in [6.45, 7) is 1.81. The van der Waals surface area contributed by atoms with Crippen molar-refractivity contribution in [3.63, 3.8) is 0 Å². The van der Waals surface area contributed by atoms with Crippen molar-refractivity contribution >= 4 is 49.6 Å². The fourth-order valence-corrected chi connectivity index (χ4v) is 3.88. The molecule has 0 atom stereocenters. The Morgan fingerprint density at radius 3 is 2.62 bits per heavy atom. The van der Waals surface area contributed by atoms with E-state index in [1.165, 1.54) is 22.7 Å². The number of fused-ring (bicyclic) bond motifs is 1. The number of aromatic carboxylic acids is 1. The number of carboxylic acid groups (broad SMARTS) is 1. The van der Waals surface area contributed by atoms with E-state index in [0.29, 0.717) is 9.88 Å². The van der Waals surface area contributed by atoms with Crippen LogP contribution < -0.4 is 5.32 Å². The number of hydrogen-bond acceptors (Lipinski definition) is 4. The molecule has 4 nitrogen and oxygen atoms in total. The molecule has 21 heavy (non-hydrogen) atoms. The Hall–Kier alpha value is -2.18. The number of benzene rings is 1. The van der Waals surface area contributed by atoms with Crippen LogP contribution in [0.5, 0.6) is 0 Å². The van der Waals surface area contributed by atoms with Crippen LogP contribution in [0.15, 0.2) is 36.4 Å². The Labute approximate surface area is 128 Å². The van der Waals surface area contributed by atoms with Crippen LogP contribution in [0.1, 0.15) is 24.9 Å². The van der Waals surface area contributed by atoms with Crippen molar-refractivity contribution in [2.24, 2.45) is 0 Å². The highest BCUT2D eigenvalue weighted by atomic mass is 32.1. The molecule has 0 unspecified atom stereocenters. The molecule has 1 amide bonds. The Kier molecular flexibility index (Phi) is 3.48. The van der Waals surface area contributed by atoms with E-state index in [4.69, 9.17) is 5.11 Å². The fourth-order valence-electron chi connectivity index (χ4n) is 2.02. The lowest BCUT2D eigenvalue weighted by molar-refractivity contribution is 0.0698. The maximum Gasteiger partial charge on any atom is 0.338 e. The highest BCUT2D eigenvalue weighted by Crippen LogP contribution is 2.30. The first kappa shape index (κ1) is 13.8. The maximum atomic E-state index is 12.3. The average molecular weight is 317 g/mol. The van der Waals surface area contributed by atoms with Crippen LogP contribution in [0.2, 0.25) is 0 Å². The van der Waals surface area contributed by atoms with Gasteiger partial charge in [-0.25, -0.2) is 4.79 Å². The van der Waals surface area contributed by atoms with Crippen molar-refractivity contribution in [3.8, 4) is 0 Å².